The zero-order valence-electron chi connectivity index (χ0n) is 14.2. The van der Waals surface area contributed by atoms with Crippen molar-refractivity contribution in [1.29, 1.82) is 0 Å². The first kappa shape index (κ1) is 16.5. The van der Waals surface area contributed by atoms with E-state index in [1.54, 1.807) is 6.92 Å². The molecule has 0 aromatic rings. The largest absolute Gasteiger partial charge is 0.513 e. The van der Waals surface area contributed by atoms with Gasteiger partial charge in [0.05, 0.1) is 29.6 Å². The minimum atomic E-state index is -0.400. The highest BCUT2D eigenvalue weighted by Crippen LogP contribution is 2.39. The monoisotopic (exact) mass is 325 g/mol. The zero-order chi connectivity index (χ0) is 17.3. The van der Waals surface area contributed by atoms with Crippen LogP contribution in [0.3, 0.4) is 0 Å². The van der Waals surface area contributed by atoms with Gasteiger partial charge < -0.3 is 9.84 Å². The predicted molar refractivity (Wildman–Crippen MR) is 94.9 cm³/mol. The molecule has 3 aliphatic rings. The summed E-state index contributed by atoms with van der Waals surface area (Å²) in [6, 6.07) is -0.400. The normalized spacial score (nSPS) is 27.6. The number of carbonyl (C=O) groups is 1. The van der Waals surface area contributed by atoms with Gasteiger partial charge in [0.1, 0.15) is 6.10 Å². The Bertz CT molecular complexity index is 717. The Morgan fingerprint density at radius 2 is 2.25 bits per heavy atom. The maximum absolute atomic E-state index is 13.1. The maximum atomic E-state index is 13.1. The van der Waals surface area contributed by atoms with Gasteiger partial charge in [0.2, 0.25) is 0 Å². The first-order valence-corrected chi connectivity index (χ1v) is 8.31. The summed E-state index contributed by atoms with van der Waals surface area (Å²) >= 11 is 0. The molecule has 0 fully saturated rings. The minimum Gasteiger partial charge on any atom is -0.513 e. The van der Waals surface area contributed by atoms with Crippen molar-refractivity contribution in [2.45, 2.75) is 45.3 Å². The van der Waals surface area contributed by atoms with Crippen molar-refractivity contribution in [2.24, 2.45) is 10.9 Å². The van der Waals surface area contributed by atoms with E-state index in [1.165, 1.54) is 11.8 Å². The molecule has 0 bridgehead atoms. The Morgan fingerprint density at radius 1 is 1.46 bits per heavy atom. The second kappa shape index (κ2) is 6.63. The summed E-state index contributed by atoms with van der Waals surface area (Å²) in [5.41, 5.74) is 3.62. The minimum absolute atomic E-state index is 0.0513. The molecule has 0 saturated heterocycles. The molecule has 126 valence electrons. The third-order valence-electron chi connectivity index (χ3n) is 5.01. The van der Waals surface area contributed by atoms with Crippen molar-refractivity contribution < 1.29 is 14.6 Å². The van der Waals surface area contributed by atoms with E-state index in [9.17, 15) is 9.90 Å². The number of carbonyl (C=O) groups excluding carboxylic acids is 1. The van der Waals surface area contributed by atoms with Crippen LogP contribution in [0.15, 0.2) is 63.6 Å². The van der Waals surface area contributed by atoms with Gasteiger partial charge >= 0.3 is 0 Å². The van der Waals surface area contributed by atoms with Crippen LogP contribution in [0.4, 0.5) is 0 Å². The number of nitrogens with zero attached hydrogens (tertiary/aromatic N) is 1. The van der Waals surface area contributed by atoms with Gasteiger partial charge in [-0.2, -0.15) is 0 Å². The van der Waals surface area contributed by atoms with Gasteiger partial charge in [0.15, 0.2) is 5.78 Å². The number of hydrogen-bond acceptors (Lipinski definition) is 4. The number of rotatable bonds is 4. The van der Waals surface area contributed by atoms with Gasteiger partial charge in [0, 0.05) is 0 Å². The Morgan fingerprint density at radius 3 is 2.96 bits per heavy atom. The lowest BCUT2D eigenvalue weighted by Gasteiger charge is -2.35. The summed E-state index contributed by atoms with van der Waals surface area (Å²) < 4.78 is 5.83. The summed E-state index contributed by atoms with van der Waals surface area (Å²) in [4.78, 5) is 17.3. The standard InChI is InChI=1S/C20H23NO3/c1-12(13(2)22)10-17(21-3)16-11-24-18-9-8-14-6-4-5-7-15(14)19(18)20(16)23/h5,7-9,11,17-19,22H,3-4,6,10H2,1-2H3/b13-12+. The van der Waals surface area contributed by atoms with E-state index in [2.05, 4.69) is 29.9 Å². The third kappa shape index (κ3) is 2.88. The third-order valence-corrected chi connectivity index (χ3v) is 5.01. The number of fused-ring (bicyclic) bond motifs is 2. The van der Waals surface area contributed by atoms with E-state index >= 15 is 0 Å². The van der Waals surface area contributed by atoms with E-state index in [-0.39, 0.29) is 23.6 Å². The van der Waals surface area contributed by atoms with Crippen molar-refractivity contribution >= 4 is 12.5 Å². The highest BCUT2D eigenvalue weighted by Gasteiger charge is 2.41. The SMILES string of the molecule is C=NC(C/C(C)=C(\C)O)C1=COC2C=CC3=C(C=CCC3)C2C1=O. The first-order chi connectivity index (χ1) is 11.5. The molecule has 24 heavy (non-hydrogen) atoms. The first-order valence-electron chi connectivity index (χ1n) is 8.31. The Kier molecular flexibility index (Phi) is 4.56. The van der Waals surface area contributed by atoms with Crippen LogP contribution in [0, 0.1) is 5.92 Å². The van der Waals surface area contributed by atoms with Crippen molar-refractivity contribution in [3.8, 4) is 0 Å². The summed E-state index contributed by atoms with van der Waals surface area (Å²) in [5, 5.41) is 9.63. The van der Waals surface area contributed by atoms with Gasteiger partial charge in [-0.15, -0.1) is 0 Å². The number of allylic oxidation sites excluding steroid dienone is 5. The summed E-state index contributed by atoms with van der Waals surface area (Å²) in [5.74, 6) is 0.00728. The molecule has 3 atom stereocenters. The molecular weight excluding hydrogens is 302 g/mol. The van der Waals surface area contributed by atoms with E-state index in [4.69, 9.17) is 4.74 Å². The lowest BCUT2D eigenvalue weighted by molar-refractivity contribution is -0.122. The van der Waals surface area contributed by atoms with Crippen LogP contribution in [0.25, 0.3) is 0 Å². The van der Waals surface area contributed by atoms with Crippen molar-refractivity contribution in [3.05, 3.63) is 58.6 Å². The fourth-order valence-electron chi connectivity index (χ4n) is 3.44. The van der Waals surface area contributed by atoms with Gasteiger partial charge in [-0.05, 0) is 62.6 Å². The predicted octanol–water partition coefficient (Wildman–Crippen LogP) is 3.98. The topological polar surface area (TPSA) is 58.9 Å². The number of ketones is 1. The number of aliphatic hydroxyl groups is 1. The second-order valence-electron chi connectivity index (χ2n) is 6.56. The number of aliphatic hydroxyl groups excluding tert-OH is 1. The van der Waals surface area contributed by atoms with Crippen LogP contribution in [-0.2, 0) is 9.53 Å². The maximum Gasteiger partial charge on any atom is 0.175 e. The van der Waals surface area contributed by atoms with E-state index in [0.717, 1.165) is 24.0 Å². The van der Waals surface area contributed by atoms with Gasteiger partial charge in [-0.25, -0.2) is 0 Å². The van der Waals surface area contributed by atoms with E-state index < -0.39 is 6.04 Å². The Hall–Kier alpha value is -2.36. The molecule has 0 aromatic heterocycles. The fraction of sp³-hybridized carbons (Fsp3) is 0.400. The van der Waals surface area contributed by atoms with Gasteiger partial charge in [0.25, 0.3) is 0 Å². The van der Waals surface area contributed by atoms with Gasteiger partial charge in [-0.1, -0.05) is 18.2 Å². The van der Waals surface area contributed by atoms with Crippen LogP contribution < -0.4 is 0 Å². The average molecular weight is 325 g/mol. The van der Waals surface area contributed by atoms with Crippen molar-refractivity contribution in [2.75, 3.05) is 0 Å². The van der Waals surface area contributed by atoms with Crippen molar-refractivity contribution in [1.82, 2.24) is 0 Å². The molecule has 3 unspecified atom stereocenters. The average Bonchev–Trinajstić information content (AvgIpc) is 2.59. The Labute approximate surface area is 142 Å². The molecule has 0 amide bonds. The van der Waals surface area contributed by atoms with E-state index in [1.807, 2.05) is 13.0 Å². The number of hydrogen-bond donors (Lipinski definition) is 1. The molecule has 2 aliphatic carbocycles. The quantitative estimate of drug-likeness (QED) is 0.628. The molecule has 4 nitrogen and oxygen atoms in total. The Balaban J connectivity index is 1.91. The fourth-order valence-corrected chi connectivity index (χ4v) is 3.44. The molecule has 1 aliphatic heterocycles. The lowest BCUT2D eigenvalue weighted by Crippen LogP contribution is -2.39. The molecule has 0 aromatic carbocycles. The molecule has 3 rings (SSSR count). The second-order valence-corrected chi connectivity index (χ2v) is 6.56. The zero-order valence-corrected chi connectivity index (χ0v) is 14.2. The highest BCUT2D eigenvalue weighted by molar-refractivity contribution is 6.02. The highest BCUT2D eigenvalue weighted by atomic mass is 16.5. The van der Waals surface area contributed by atoms with Crippen LogP contribution >= 0.6 is 0 Å². The molecule has 0 saturated carbocycles. The van der Waals surface area contributed by atoms with Crippen LogP contribution in [0.2, 0.25) is 0 Å². The number of Topliss-reactive ketones (excluding diaryl/α,β-unsaturated/α-hetero) is 1. The lowest BCUT2D eigenvalue weighted by atomic mass is 9.75. The molecule has 1 N–H and O–H groups in total. The van der Waals surface area contributed by atoms with Crippen LogP contribution in [0.1, 0.15) is 33.1 Å². The van der Waals surface area contributed by atoms with Gasteiger partial charge in [-0.3, -0.25) is 9.79 Å². The molecular formula is C20H23NO3. The summed E-state index contributed by atoms with van der Waals surface area (Å²) in [7, 11) is 0. The van der Waals surface area contributed by atoms with Crippen molar-refractivity contribution in [3.63, 3.8) is 0 Å². The summed E-state index contributed by atoms with van der Waals surface area (Å²) in [6.45, 7) is 7.09. The smallest absolute Gasteiger partial charge is 0.175 e. The number of ether oxygens (including phenoxy) is 1. The van der Waals surface area contributed by atoms with Crippen LogP contribution in [-0.4, -0.2) is 29.8 Å². The van der Waals surface area contributed by atoms with Crippen LogP contribution in [0.5, 0.6) is 0 Å². The molecule has 0 spiro atoms. The summed E-state index contributed by atoms with van der Waals surface area (Å²) in [6.07, 6.45) is 12.0. The molecule has 0 radical (unpaired) electrons. The number of aliphatic imine (C=N–C) groups is 1. The van der Waals surface area contributed by atoms with E-state index in [0.29, 0.717) is 12.0 Å². The molecule has 4 heteroatoms. The molecule has 1 heterocycles.